The zero-order chi connectivity index (χ0) is 11.4. The third kappa shape index (κ3) is 3.18. The average Bonchev–Trinajstić information content (AvgIpc) is 2.73. The summed E-state index contributed by atoms with van der Waals surface area (Å²) in [5.74, 6) is 0.786. The van der Waals surface area contributed by atoms with Gasteiger partial charge in [-0.1, -0.05) is 6.42 Å². The minimum absolute atomic E-state index is 0.620. The Hall–Kier alpha value is -0.620. The van der Waals surface area contributed by atoms with Crippen LogP contribution >= 0.6 is 11.8 Å². The molecular formula is C10H19N5S. The summed E-state index contributed by atoms with van der Waals surface area (Å²) >= 11 is 1.99. The zero-order valence-corrected chi connectivity index (χ0v) is 10.7. The Labute approximate surface area is 100 Å². The lowest BCUT2D eigenvalue weighted by molar-refractivity contribution is 0.376. The largest absolute Gasteiger partial charge is 0.307 e. The Morgan fingerprint density at radius 2 is 2.38 bits per heavy atom. The monoisotopic (exact) mass is 241 g/mol. The summed E-state index contributed by atoms with van der Waals surface area (Å²) < 4.78 is 0. The maximum absolute atomic E-state index is 4.16. The van der Waals surface area contributed by atoms with Crippen LogP contribution in [-0.2, 0) is 13.6 Å². The van der Waals surface area contributed by atoms with Gasteiger partial charge in [-0.15, -0.1) is 10.2 Å². The highest BCUT2D eigenvalue weighted by molar-refractivity contribution is 7.99. The molecule has 90 valence electrons. The molecule has 1 aromatic rings. The third-order valence-electron chi connectivity index (χ3n) is 3.06. The molecule has 2 unspecified atom stereocenters. The molecule has 0 bridgehead atoms. The zero-order valence-electron chi connectivity index (χ0n) is 9.89. The summed E-state index contributed by atoms with van der Waals surface area (Å²) in [6.45, 7) is 0.736. The fourth-order valence-electron chi connectivity index (χ4n) is 2.17. The number of rotatable bonds is 4. The molecule has 2 rings (SSSR count). The lowest BCUT2D eigenvalue weighted by Gasteiger charge is -2.28. The number of tetrazole rings is 1. The normalized spacial score (nSPS) is 25.9. The van der Waals surface area contributed by atoms with E-state index >= 15 is 0 Å². The Morgan fingerprint density at radius 1 is 1.50 bits per heavy atom. The van der Waals surface area contributed by atoms with Crippen LogP contribution in [0.25, 0.3) is 0 Å². The Kier molecular flexibility index (Phi) is 4.17. The van der Waals surface area contributed by atoms with E-state index in [1.54, 1.807) is 7.05 Å². The molecule has 1 heterocycles. The smallest absolute Gasteiger partial charge is 0.188 e. The molecule has 1 N–H and O–H groups in total. The van der Waals surface area contributed by atoms with Crippen LogP contribution in [0.3, 0.4) is 0 Å². The molecule has 0 aliphatic heterocycles. The lowest BCUT2D eigenvalue weighted by atomic mass is 9.95. The minimum atomic E-state index is 0.620. The maximum Gasteiger partial charge on any atom is 0.188 e. The van der Waals surface area contributed by atoms with Crippen molar-refractivity contribution in [1.82, 2.24) is 25.5 Å². The van der Waals surface area contributed by atoms with Gasteiger partial charge in [-0.05, 0) is 30.7 Å². The Balaban J connectivity index is 1.77. The van der Waals surface area contributed by atoms with Gasteiger partial charge in [0.1, 0.15) is 0 Å². The van der Waals surface area contributed by atoms with E-state index in [4.69, 9.17) is 0 Å². The van der Waals surface area contributed by atoms with Crippen molar-refractivity contribution in [2.24, 2.45) is 7.05 Å². The van der Waals surface area contributed by atoms with E-state index in [2.05, 4.69) is 27.0 Å². The quantitative estimate of drug-likeness (QED) is 0.851. The van der Waals surface area contributed by atoms with Crippen molar-refractivity contribution >= 4 is 11.8 Å². The van der Waals surface area contributed by atoms with Gasteiger partial charge in [0.05, 0.1) is 13.6 Å². The lowest BCUT2D eigenvalue weighted by Crippen LogP contribution is -2.34. The first-order valence-corrected chi connectivity index (χ1v) is 7.06. The third-order valence-corrected chi connectivity index (χ3v) is 4.15. The molecule has 0 radical (unpaired) electrons. The van der Waals surface area contributed by atoms with Crippen LogP contribution < -0.4 is 5.32 Å². The van der Waals surface area contributed by atoms with Crippen molar-refractivity contribution in [2.75, 3.05) is 6.26 Å². The Morgan fingerprint density at radius 3 is 3.06 bits per heavy atom. The molecule has 0 amide bonds. The van der Waals surface area contributed by atoms with Gasteiger partial charge in [0, 0.05) is 11.3 Å². The van der Waals surface area contributed by atoms with Gasteiger partial charge in [0.15, 0.2) is 5.82 Å². The summed E-state index contributed by atoms with van der Waals surface area (Å²) in [6, 6.07) is 0.620. The molecule has 1 aliphatic rings. The Bertz CT molecular complexity index is 327. The second kappa shape index (κ2) is 5.63. The fourth-order valence-corrected chi connectivity index (χ4v) is 3.00. The number of thioether (sulfide) groups is 1. The van der Waals surface area contributed by atoms with Crippen LogP contribution in [0, 0.1) is 0 Å². The average molecular weight is 241 g/mol. The first-order valence-electron chi connectivity index (χ1n) is 5.77. The number of hydrogen-bond donors (Lipinski definition) is 1. The van der Waals surface area contributed by atoms with Crippen LogP contribution in [0.4, 0.5) is 0 Å². The van der Waals surface area contributed by atoms with Gasteiger partial charge >= 0.3 is 0 Å². The molecule has 6 heteroatoms. The van der Waals surface area contributed by atoms with Crippen LogP contribution in [-0.4, -0.2) is 37.8 Å². The summed E-state index contributed by atoms with van der Waals surface area (Å²) in [7, 11) is 1.79. The molecule has 1 aromatic heterocycles. The number of hydrogen-bond acceptors (Lipinski definition) is 5. The topological polar surface area (TPSA) is 55.6 Å². The van der Waals surface area contributed by atoms with Gasteiger partial charge in [-0.25, -0.2) is 0 Å². The van der Waals surface area contributed by atoms with E-state index in [1.165, 1.54) is 30.5 Å². The van der Waals surface area contributed by atoms with Crippen molar-refractivity contribution < 1.29 is 0 Å². The molecule has 0 aromatic carbocycles. The molecular weight excluding hydrogens is 222 g/mol. The second-order valence-corrected chi connectivity index (χ2v) is 5.44. The number of nitrogens with one attached hydrogen (secondary N) is 1. The van der Waals surface area contributed by atoms with Gasteiger partial charge < -0.3 is 5.32 Å². The summed E-state index contributed by atoms with van der Waals surface area (Å²) in [6.07, 6.45) is 7.44. The molecule has 5 nitrogen and oxygen atoms in total. The summed E-state index contributed by atoms with van der Waals surface area (Å²) in [5.41, 5.74) is 0. The van der Waals surface area contributed by atoms with Crippen molar-refractivity contribution in [3.05, 3.63) is 5.82 Å². The van der Waals surface area contributed by atoms with E-state index in [9.17, 15) is 0 Å². The predicted molar refractivity (Wildman–Crippen MR) is 65.2 cm³/mol. The second-order valence-electron chi connectivity index (χ2n) is 4.30. The van der Waals surface area contributed by atoms with Crippen molar-refractivity contribution in [3.63, 3.8) is 0 Å². The molecule has 16 heavy (non-hydrogen) atoms. The first kappa shape index (κ1) is 11.9. The van der Waals surface area contributed by atoms with Crippen molar-refractivity contribution in [3.8, 4) is 0 Å². The van der Waals surface area contributed by atoms with E-state index in [-0.39, 0.29) is 0 Å². The highest BCUT2D eigenvalue weighted by Crippen LogP contribution is 2.26. The molecule has 1 saturated carbocycles. The van der Waals surface area contributed by atoms with Crippen LogP contribution in [0.15, 0.2) is 0 Å². The first-order chi connectivity index (χ1) is 7.78. The van der Waals surface area contributed by atoms with E-state index in [0.29, 0.717) is 6.04 Å². The molecule has 0 spiro atoms. The number of aryl methyl sites for hydroxylation is 1. The highest BCUT2D eigenvalue weighted by Gasteiger charge is 2.20. The molecule has 1 fully saturated rings. The minimum Gasteiger partial charge on any atom is -0.307 e. The summed E-state index contributed by atoms with van der Waals surface area (Å²) in [5, 5.41) is 16.3. The highest BCUT2D eigenvalue weighted by atomic mass is 32.2. The van der Waals surface area contributed by atoms with Crippen LogP contribution in [0.1, 0.15) is 31.5 Å². The fraction of sp³-hybridized carbons (Fsp3) is 0.900. The molecule has 0 saturated heterocycles. The SMILES string of the molecule is CSC1CCCC(NCc2nnn(C)n2)C1. The maximum atomic E-state index is 4.16. The van der Waals surface area contributed by atoms with E-state index in [0.717, 1.165) is 17.6 Å². The van der Waals surface area contributed by atoms with Crippen LogP contribution in [0.5, 0.6) is 0 Å². The predicted octanol–water partition coefficient (Wildman–Crippen LogP) is 0.974. The number of aromatic nitrogens is 4. The van der Waals surface area contributed by atoms with Gasteiger partial charge in [-0.3, -0.25) is 0 Å². The van der Waals surface area contributed by atoms with Gasteiger partial charge in [0.2, 0.25) is 0 Å². The van der Waals surface area contributed by atoms with E-state index < -0.39 is 0 Å². The van der Waals surface area contributed by atoms with Gasteiger partial charge in [-0.2, -0.15) is 16.6 Å². The molecule has 1 aliphatic carbocycles. The standard InChI is InChI=1S/C10H19N5S/c1-15-13-10(12-14-15)7-11-8-4-3-5-9(6-8)16-2/h8-9,11H,3-7H2,1-2H3. The van der Waals surface area contributed by atoms with Crippen molar-refractivity contribution in [1.29, 1.82) is 0 Å². The van der Waals surface area contributed by atoms with E-state index in [1.807, 2.05) is 11.8 Å². The number of nitrogens with zero attached hydrogens (tertiary/aromatic N) is 4. The van der Waals surface area contributed by atoms with Crippen molar-refractivity contribution in [2.45, 2.75) is 43.5 Å². The summed E-state index contributed by atoms with van der Waals surface area (Å²) in [4.78, 5) is 1.50. The van der Waals surface area contributed by atoms with Gasteiger partial charge in [0.25, 0.3) is 0 Å². The molecule has 2 atom stereocenters. The van der Waals surface area contributed by atoms with Crippen LogP contribution in [0.2, 0.25) is 0 Å².